The molecule has 2 N–H and O–H groups in total. The zero-order valence-electron chi connectivity index (χ0n) is 18.9. The number of nitrogens with one attached hydrogen (secondary N) is 2. The number of likely N-dealkylation sites (N-methyl/N-ethyl adjacent to an activating group) is 1. The Morgan fingerprint density at radius 2 is 1.58 bits per heavy atom. The summed E-state index contributed by atoms with van der Waals surface area (Å²) in [5, 5.41) is 7.12. The molecule has 4 rings (SSSR count). The van der Waals surface area contributed by atoms with Gasteiger partial charge in [0.1, 0.15) is 0 Å². The van der Waals surface area contributed by atoms with E-state index in [4.69, 9.17) is 11.6 Å². The topological polar surface area (TPSA) is 44.4 Å². The van der Waals surface area contributed by atoms with Crippen LogP contribution in [0.3, 0.4) is 0 Å². The molecule has 5 heteroatoms. The van der Waals surface area contributed by atoms with Crippen LogP contribution in [0.1, 0.15) is 24.4 Å². The van der Waals surface area contributed by atoms with Crippen LogP contribution >= 0.6 is 11.6 Å². The Kier molecular flexibility index (Phi) is 7.95. The van der Waals surface area contributed by atoms with Crippen molar-refractivity contribution in [3.05, 3.63) is 102 Å². The fourth-order valence-electron chi connectivity index (χ4n) is 4.32. The summed E-state index contributed by atoms with van der Waals surface area (Å²) in [7, 11) is 2.16. The predicted molar refractivity (Wildman–Crippen MR) is 137 cm³/mol. The lowest BCUT2D eigenvalue weighted by molar-refractivity contribution is -0.111. The second kappa shape index (κ2) is 11.3. The standard InChI is InChI=1S/C28H30ClN3O/c1-32(26-17-19-30-20-18-26)27(23-5-3-2-4-6-23)15-16-28(33)31-25-13-9-22(10-14-25)21-7-11-24(29)12-8-21/h2-16,26-27,30H,17-20H2,1H3,(H,31,33)/b16-15+. The van der Waals surface area contributed by atoms with Crippen molar-refractivity contribution in [2.75, 3.05) is 25.5 Å². The van der Waals surface area contributed by atoms with Crippen LogP contribution < -0.4 is 10.6 Å². The van der Waals surface area contributed by atoms with Gasteiger partial charge in [-0.05, 0) is 73.9 Å². The van der Waals surface area contributed by atoms with E-state index < -0.39 is 0 Å². The van der Waals surface area contributed by atoms with E-state index in [2.05, 4.69) is 46.8 Å². The highest BCUT2D eigenvalue weighted by Gasteiger charge is 2.24. The summed E-state index contributed by atoms with van der Waals surface area (Å²) in [5.41, 5.74) is 4.12. The first-order valence-electron chi connectivity index (χ1n) is 11.4. The number of nitrogens with zero attached hydrogens (tertiary/aromatic N) is 1. The number of rotatable bonds is 7. The normalized spacial score (nSPS) is 15.6. The summed E-state index contributed by atoms with van der Waals surface area (Å²) in [6, 6.07) is 26.5. The van der Waals surface area contributed by atoms with E-state index in [0.29, 0.717) is 11.1 Å². The van der Waals surface area contributed by atoms with Gasteiger partial charge in [0.15, 0.2) is 0 Å². The number of anilines is 1. The van der Waals surface area contributed by atoms with E-state index in [1.54, 1.807) is 6.08 Å². The molecule has 3 aromatic rings. The van der Waals surface area contributed by atoms with Gasteiger partial charge in [-0.15, -0.1) is 0 Å². The van der Waals surface area contributed by atoms with Crippen LogP contribution in [0.5, 0.6) is 0 Å². The van der Waals surface area contributed by atoms with Crippen LogP contribution in [0, 0.1) is 0 Å². The molecule has 1 unspecified atom stereocenters. The molecule has 0 aliphatic carbocycles. The van der Waals surface area contributed by atoms with E-state index in [1.165, 1.54) is 5.56 Å². The van der Waals surface area contributed by atoms with Gasteiger partial charge in [0, 0.05) is 22.8 Å². The molecule has 0 bridgehead atoms. The molecule has 1 aliphatic rings. The molecular formula is C28H30ClN3O. The van der Waals surface area contributed by atoms with Crippen molar-refractivity contribution >= 4 is 23.2 Å². The number of halogens is 1. The maximum atomic E-state index is 12.7. The SMILES string of the molecule is CN(C1CCNCC1)C(/C=C/C(=O)Nc1ccc(-c2ccc(Cl)cc2)cc1)c1ccccc1. The second-order valence-electron chi connectivity index (χ2n) is 8.43. The van der Waals surface area contributed by atoms with Crippen LogP contribution in [0.25, 0.3) is 11.1 Å². The molecule has 0 saturated carbocycles. The number of amides is 1. The maximum absolute atomic E-state index is 12.7. The number of benzene rings is 3. The van der Waals surface area contributed by atoms with Gasteiger partial charge in [0.2, 0.25) is 5.91 Å². The number of carbonyl (C=O) groups excluding carboxylic acids is 1. The molecule has 1 atom stereocenters. The van der Waals surface area contributed by atoms with E-state index in [1.807, 2.05) is 60.7 Å². The fourth-order valence-corrected chi connectivity index (χ4v) is 4.45. The van der Waals surface area contributed by atoms with Gasteiger partial charge in [-0.2, -0.15) is 0 Å². The fraction of sp³-hybridized carbons (Fsp3) is 0.250. The predicted octanol–water partition coefficient (Wildman–Crippen LogP) is 5.93. The lowest BCUT2D eigenvalue weighted by Crippen LogP contribution is -2.42. The number of hydrogen-bond acceptors (Lipinski definition) is 3. The van der Waals surface area contributed by atoms with Crippen LogP contribution in [-0.2, 0) is 4.79 Å². The molecule has 0 aromatic heterocycles. The molecule has 0 spiro atoms. The van der Waals surface area contributed by atoms with Crippen molar-refractivity contribution in [2.24, 2.45) is 0 Å². The lowest BCUT2D eigenvalue weighted by Gasteiger charge is -2.36. The molecule has 3 aromatic carbocycles. The van der Waals surface area contributed by atoms with Crippen LogP contribution in [-0.4, -0.2) is 37.0 Å². The summed E-state index contributed by atoms with van der Waals surface area (Å²) in [6.07, 6.45) is 5.89. The third-order valence-corrected chi connectivity index (χ3v) is 6.48. The first-order valence-corrected chi connectivity index (χ1v) is 11.8. The molecule has 1 aliphatic heterocycles. The van der Waals surface area contributed by atoms with Crippen molar-refractivity contribution in [1.29, 1.82) is 0 Å². The summed E-state index contributed by atoms with van der Waals surface area (Å²) < 4.78 is 0. The zero-order valence-corrected chi connectivity index (χ0v) is 19.6. The van der Waals surface area contributed by atoms with Gasteiger partial charge in [0.05, 0.1) is 6.04 Å². The van der Waals surface area contributed by atoms with Crippen molar-refractivity contribution in [2.45, 2.75) is 24.9 Å². The average molecular weight is 460 g/mol. The quantitative estimate of drug-likeness (QED) is 0.430. The highest BCUT2D eigenvalue weighted by Crippen LogP contribution is 2.26. The Bertz CT molecular complexity index is 1060. The molecular weight excluding hydrogens is 430 g/mol. The van der Waals surface area contributed by atoms with E-state index >= 15 is 0 Å². The molecule has 1 saturated heterocycles. The summed E-state index contributed by atoms with van der Waals surface area (Å²) in [5.74, 6) is -0.131. The largest absolute Gasteiger partial charge is 0.323 e. The minimum Gasteiger partial charge on any atom is -0.323 e. The monoisotopic (exact) mass is 459 g/mol. The minimum atomic E-state index is -0.131. The van der Waals surface area contributed by atoms with E-state index in [-0.39, 0.29) is 11.9 Å². The summed E-state index contributed by atoms with van der Waals surface area (Å²) in [4.78, 5) is 15.1. The van der Waals surface area contributed by atoms with Gasteiger partial charge < -0.3 is 10.6 Å². The molecule has 1 amide bonds. The molecule has 0 radical (unpaired) electrons. The second-order valence-corrected chi connectivity index (χ2v) is 8.87. The Balaban J connectivity index is 1.43. The lowest BCUT2D eigenvalue weighted by atomic mass is 9.99. The van der Waals surface area contributed by atoms with Crippen molar-refractivity contribution in [1.82, 2.24) is 10.2 Å². The highest BCUT2D eigenvalue weighted by atomic mass is 35.5. The third-order valence-electron chi connectivity index (χ3n) is 6.22. The molecule has 33 heavy (non-hydrogen) atoms. The molecule has 170 valence electrons. The van der Waals surface area contributed by atoms with Crippen LogP contribution in [0.15, 0.2) is 91.0 Å². The number of hydrogen-bond donors (Lipinski definition) is 2. The first kappa shape index (κ1) is 23.2. The molecule has 4 nitrogen and oxygen atoms in total. The third kappa shape index (κ3) is 6.32. The van der Waals surface area contributed by atoms with Crippen molar-refractivity contribution < 1.29 is 4.79 Å². The Morgan fingerprint density at radius 3 is 2.21 bits per heavy atom. The zero-order chi connectivity index (χ0) is 23.0. The van der Waals surface area contributed by atoms with Gasteiger partial charge in [-0.3, -0.25) is 9.69 Å². The maximum Gasteiger partial charge on any atom is 0.248 e. The summed E-state index contributed by atoms with van der Waals surface area (Å²) >= 11 is 5.98. The van der Waals surface area contributed by atoms with E-state index in [9.17, 15) is 4.79 Å². The van der Waals surface area contributed by atoms with E-state index in [0.717, 1.165) is 42.7 Å². The summed E-state index contributed by atoms with van der Waals surface area (Å²) in [6.45, 7) is 2.07. The van der Waals surface area contributed by atoms with Gasteiger partial charge in [-0.1, -0.05) is 72.3 Å². The Hall–Kier alpha value is -2.92. The minimum absolute atomic E-state index is 0.0485. The highest BCUT2D eigenvalue weighted by molar-refractivity contribution is 6.30. The average Bonchev–Trinajstić information content (AvgIpc) is 2.86. The van der Waals surface area contributed by atoms with Gasteiger partial charge in [0.25, 0.3) is 0 Å². The smallest absolute Gasteiger partial charge is 0.248 e. The van der Waals surface area contributed by atoms with Crippen LogP contribution in [0.4, 0.5) is 5.69 Å². The van der Waals surface area contributed by atoms with Crippen molar-refractivity contribution in [3.8, 4) is 11.1 Å². The Labute approximate surface area is 201 Å². The number of carbonyl (C=O) groups is 1. The van der Waals surface area contributed by atoms with Crippen LogP contribution in [0.2, 0.25) is 5.02 Å². The molecule has 1 fully saturated rings. The van der Waals surface area contributed by atoms with Crippen molar-refractivity contribution in [3.63, 3.8) is 0 Å². The van der Waals surface area contributed by atoms with Gasteiger partial charge in [-0.25, -0.2) is 0 Å². The molecule has 1 heterocycles. The van der Waals surface area contributed by atoms with Gasteiger partial charge >= 0.3 is 0 Å². The Morgan fingerprint density at radius 1 is 0.970 bits per heavy atom. The number of piperidine rings is 1. The first-order chi connectivity index (χ1) is 16.1.